The number of amides is 1. The summed E-state index contributed by atoms with van der Waals surface area (Å²) in [6.45, 7) is 2.09. The summed E-state index contributed by atoms with van der Waals surface area (Å²) in [5, 5.41) is 11.8. The van der Waals surface area contributed by atoms with Crippen LogP contribution in [0.1, 0.15) is 18.5 Å². The van der Waals surface area contributed by atoms with Crippen molar-refractivity contribution in [1.29, 1.82) is 0 Å². The van der Waals surface area contributed by atoms with Gasteiger partial charge in [-0.1, -0.05) is 23.7 Å². The summed E-state index contributed by atoms with van der Waals surface area (Å²) >= 11 is 5.85. The van der Waals surface area contributed by atoms with Crippen LogP contribution >= 0.6 is 11.6 Å². The van der Waals surface area contributed by atoms with E-state index in [2.05, 4.69) is 15.5 Å². The molecule has 2 aromatic heterocycles. The summed E-state index contributed by atoms with van der Waals surface area (Å²) in [6.07, 6.45) is 4.00. The van der Waals surface area contributed by atoms with Gasteiger partial charge in [0.1, 0.15) is 6.04 Å². The first kappa shape index (κ1) is 17.9. The van der Waals surface area contributed by atoms with Gasteiger partial charge in [0.2, 0.25) is 5.91 Å². The standard InChI is InChI=1S/C18H18ClN5O2/c1-13(18(26)20-11-9-14-3-5-15(19)6-4-14)24-17(25)8-7-16(22-24)23-12-2-10-21-23/h2-8,10,12-13H,9,11H2,1H3,(H,20,26). The number of hydrogen-bond donors (Lipinski definition) is 1. The predicted octanol–water partition coefficient (Wildman–Crippen LogP) is 2.00. The number of carbonyl (C=O) groups excluding carboxylic acids is 1. The third-order valence-corrected chi connectivity index (χ3v) is 4.17. The minimum Gasteiger partial charge on any atom is -0.354 e. The van der Waals surface area contributed by atoms with Crippen molar-refractivity contribution in [2.45, 2.75) is 19.4 Å². The van der Waals surface area contributed by atoms with Crippen LogP contribution < -0.4 is 10.9 Å². The minimum absolute atomic E-state index is 0.272. The SMILES string of the molecule is CC(C(=O)NCCc1ccc(Cl)cc1)n1nc(-n2cccn2)ccc1=O. The van der Waals surface area contributed by atoms with Gasteiger partial charge in [0.15, 0.2) is 5.82 Å². The van der Waals surface area contributed by atoms with E-state index in [1.54, 1.807) is 31.5 Å². The molecule has 0 aliphatic heterocycles. The van der Waals surface area contributed by atoms with Gasteiger partial charge in [-0.3, -0.25) is 9.59 Å². The van der Waals surface area contributed by atoms with Crippen LogP contribution in [0.15, 0.2) is 59.7 Å². The number of carbonyl (C=O) groups is 1. The fourth-order valence-corrected chi connectivity index (χ4v) is 2.59. The van der Waals surface area contributed by atoms with Gasteiger partial charge in [-0.2, -0.15) is 5.10 Å². The molecule has 0 bridgehead atoms. The average Bonchev–Trinajstić information content (AvgIpc) is 3.18. The van der Waals surface area contributed by atoms with Gasteiger partial charge in [0, 0.05) is 30.0 Å². The Morgan fingerprint density at radius 3 is 2.69 bits per heavy atom. The lowest BCUT2D eigenvalue weighted by Gasteiger charge is -2.15. The molecule has 0 aliphatic carbocycles. The topological polar surface area (TPSA) is 81.8 Å². The molecule has 26 heavy (non-hydrogen) atoms. The van der Waals surface area contributed by atoms with Crippen molar-refractivity contribution >= 4 is 17.5 Å². The Labute approximate surface area is 155 Å². The fourth-order valence-electron chi connectivity index (χ4n) is 2.46. The number of nitrogens with zero attached hydrogens (tertiary/aromatic N) is 4. The van der Waals surface area contributed by atoms with Crippen molar-refractivity contribution in [2.24, 2.45) is 0 Å². The second-order valence-corrected chi connectivity index (χ2v) is 6.20. The Hall–Kier alpha value is -2.93. The molecule has 0 fully saturated rings. The van der Waals surface area contributed by atoms with E-state index in [0.29, 0.717) is 23.8 Å². The first-order chi connectivity index (χ1) is 12.5. The van der Waals surface area contributed by atoms with Crippen LogP contribution in [0.5, 0.6) is 0 Å². The number of rotatable bonds is 6. The number of hydrogen-bond acceptors (Lipinski definition) is 4. The Balaban J connectivity index is 1.65. The monoisotopic (exact) mass is 371 g/mol. The molecule has 1 unspecified atom stereocenters. The molecule has 1 N–H and O–H groups in total. The maximum atomic E-state index is 12.4. The van der Waals surface area contributed by atoms with Gasteiger partial charge in [0.25, 0.3) is 5.56 Å². The van der Waals surface area contributed by atoms with Crippen molar-refractivity contribution in [3.63, 3.8) is 0 Å². The zero-order valence-corrected chi connectivity index (χ0v) is 14.9. The Morgan fingerprint density at radius 1 is 1.23 bits per heavy atom. The predicted molar refractivity (Wildman–Crippen MR) is 98.5 cm³/mol. The molecule has 0 radical (unpaired) electrons. The van der Waals surface area contributed by atoms with Crippen molar-refractivity contribution < 1.29 is 4.79 Å². The van der Waals surface area contributed by atoms with Gasteiger partial charge in [-0.25, -0.2) is 9.36 Å². The number of aromatic nitrogens is 4. The van der Waals surface area contributed by atoms with E-state index < -0.39 is 6.04 Å². The zero-order chi connectivity index (χ0) is 18.5. The summed E-state index contributed by atoms with van der Waals surface area (Å²) in [4.78, 5) is 24.5. The fraction of sp³-hybridized carbons (Fsp3) is 0.222. The van der Waals surface area contributed by atoms with Crippen molar-refractivity contribution in [3.05, 3.63) is 75.8 Å². The van der Waals surface area contributed by atoms with Gasteiger partial charge < -0.3 is 5.32 Å². The lowest BCUT2D eigenvalue weighted by atomic mass is 10.1. The average molecular weight is 372 g/mol. The first-order valence-corrected chi connectivity index (χ1v) is 8.54. The molecular formula is C18H18ClN5O2. The van der Waals surface area contributed by atoms with Gasteiger partial charge in [-0.15, -0.1) is 5.10 Å². The van der Waals surface area contributed by atoms with Crippen LogP contribution in [0.4, 0.5) is 0 Å². The van der Waals surface area contributed by atoms with E-state index in [4.69, 9.17) is 11.6 Å². The smallest absolute Gasteiger partial charge is 0.267 e. The van der Waals surface area contributed by atoms with E-state index in [-0.39, 0.29) is 11.5 Å². The molecule has 8 heteroatoms. The van der Waals surface area contributed by atoms with Crippen LogP contribution in [0, 0.1) is 0 Å². The summed E-state index contributed by atoms with van der Waals surface area (Å²) in [6, 6.07) is 11.4. The summed E-state index contributed by atoms with van der Waals surface area (Å²) in [5.74, 6) is 0.196. The van der Waals surface area contributed by atoms with Crippen molar-refractivity contribution in [3.8, 4) is 5.82 Å². The Morgan fingerprint density at radius 2 is 2.00 bits per heavy atom. The van der Waals surface area contributed by atoms with Crippen LogP contribution in [0.3, 0.4) is 0 Å². The highest BCUT2D eigenvalue weighted by Gasteiger charge is 2.17. The Kier molecular flexibility index (Phi) is 5.48. The van der Waals surface area contributed by atoms with Crippen LogP contribution in [-0.2, 0) is 11.2 Å². The number of nitrogens with one attached hydrogen (secondary N) is 1. The van der Waals surface area contributed by atoms with Crippen LogP contribution in [-0.4, -0.2) is 32.0 Å². The number of benzene rings is 1. The second-order valence-electron chi connectivity index (χ2n) is 5.77. The summed E-state index contributed by atoms with van der Waals surface area (Å²) in [7, 11) is 0. The molecule has 3 rings (SSSR count). The van der Waals surface area contributed by atoms with E-state index in [1.807, 2.05) is 24.3 Å². The van der Waals surface area contributed by atoms with Gasteiger partial charge in [0.05, 0.1) is 0 Å². The highest BCUT2D eigenvalue weighted by Crippen LogP contribution is 2.10. The zero-order valence-electron chi connectivity index (χ0n) is 14.2. The first-order valence-electron chi connectivity index (χ1n) is 8.16. The molecule has 1 atom stereocenters. The normalized spacial score (nSPS) is 11.9. The maximum Gasteiger partial charge on any atom is 0.267 e. The Bertz CT molecular complexity index is 935. The molecule has 3 aromatic rings. The molecule has 0 saturated carbocycles. The minimum atomic E-state index is -0.733. The molecule has 0 spiro atoms. The van der Waals surface area contributed by atoms with E-state index in [9.17, 15) is 9.59 Å². The van der Waals surface area contributed by atoms with E-state index in [1.165, 1.54) is 10.7 Å². The third kappa shape index (κ3) is 4.18. The molecular weight excluding hydrogens is 354 g/mol. The third-order valence-electron chi connectivity index (χ3n) is 3.92. The lowest BCUT2D eigenvalue weighted by molar-refractivity contribution is -0.124. The van der Waals surface area contributed by atoms with Crippen molar-refractivity contribution in [1.82, 2.24) is 24.9 Å². The molecule has 7 nitrogen and oxygen atoms in total. The molecule has 1 amide bonds. The second kappa shape index (κ2) is 7.97. The van der Waals surface area contributed by atoms with Crippen LogP contribution in [0.2, 0.25) is 5.02 Å². The summed E-state index contributed by atoms with van der Waals surface area (Å²) < 4.78 is 2.69. The highest BCUT2D eigenvalue weighted by molar-refractivity contribution is 6.30. The summed E-state index contributed by atoms with van der Waals surface area (Å²) in [5.41, 5.74) is 0.722. The molecule has 0 saturated heterocycles. The van der Waals surface area contributed by atoms with Gasteiger partial charge in [-0.05, 0) is 43.2 Å². The molecule has 1 aromatic carbocycles. The highest BCUT2D eigenvalue weighted by atomic mass is 35.5. The van der Waals surface area contributed by atoms with Crippen LogP contribution in [0.25, 0.3) is 5.82 Å². The quantitative estimate of drug-likeness (QED) is 0.718. The number of halogens is 1. The maximum absolute atomic E-state index is 12.4. The largest absolute Gasteiger partial charge is 0.354 e. The lowest BCUT2D eigenvalue weighted by Crippen LogP contribution is -2.38. The van der Waals surface area contributed by atoms with Crippen molar-refractivity contribution in [2.75, 3.05) is 6.54 Å². The molecule has 0 aliphatic rings. The van der Waals surface area contributed by atoms with Gasteiger partial charge >= 0.3 is 0 Å². The van der Waals surface area contributed by atoms with E-state index in [0.717, 1.165) is 10.2 Å². The van der Waals surface area contributed by atoms with E-state index >= 15 is 0 Å². The molecule has 134 valence electrons. The molecule has 2 heterocycles.